The number of piperidine rings is 1. The lowest BCUT2D eigenvalue weighted by atomic mass is 9.87. The van der Waals surface area contributed by atoms with Crippen LogP contribution in [0.3, 0.4) is 0 Å². The zero-order chi connectivity index (χ0) is 14.5. The summed E-state index contributed by atoms with van der Waals surface area (Å²) in [5.41, 5.74) is 0. The molecular weight excluding hydrogens is 250 g/mol. The molecular formula is C16H31N3O. The van der Waals surface area contributed by atoms with Gasteiger partial charge in [-0.3, -0.25) is 9.69 Å². The first-order valence-electron chi connectivity index (χ1n) is 8.32. The van der Waals surface area contributed by atoms with E-state index in [9.17, 15) is 4.79 Å². The Kier molecular flexibility index (Phi) is 5.85. The van der Waals surface area contributed by atoms with Crippen LogP contribution in [0.4, 0.5) is 0 Å². The summed E-state index contributed by atoms with van der Waals surface area (Å²) >= 11 is 0. The smallest absolute Gasteiger partial charge is 0.236 e. The van der Waals surface area contributed by atoms with E-state index in [0.29, 0.717) is 12.5 Å². The lowest BCUT2D eigenvalue weighted by Crippen LogP contribution is -2.51. The molecule has 1 amide bonds. The Labute approximate surface area is 124 Å². The number of amides is 1. The van der Waals surface area contributed by atoms with Crippen molar-refractivity contribution in [2.75, 3.05) is 52.4 Å². The van der Waals surface area contributed by atoms with Crippen molar-refractivity contribution >= 4 is 5.91 Å². The molecule has 2 saturated heterocycles. The predicted octanol–water partition coefficient (Wildman–Crippen LogP) is 1.52. The number of carbonyl (C=O) groups is 1. The summed E-state index contributed by atoms with van der Waals surface area (Å²) in [6.45, 7) is 14.8. The molecule has 2 heterocycles. The minimum absolute atomic E-state index is 0.345. The Morgan fingerprint density at radius 3 is 2.05 bits per heavy atom. The fourth-order valence-electron chi connectivity index (χ4n) is 3.37. The second-order valence-electron chi connectivity index (χ2n) is 6.67. The average Bonchev–Trinajstić information content (AvgIpc) is 2.48. The molecule has 0 aromatic heterocycles. The molecule has 0 aliphatic carbocycles. The maximum absolute atomic E-state index is 12.4. The van der Waals surface area contributed by atoms with Crippen molar-refractivity contribution in [1.82, 2.24) is 14.7 Å². The van der Waals surface area contributed by atoms with Gasteiger partial charge in [0.2, 0.25) is 5.91 Å². The molecule has 0 spiro atoms. The molecule has 0 unspecified atom stereocenters. The number of likely N-dealkylation sites (N-methyl/N-ethyl adjacent to an activating group) is 1. The van der Waals surface area contributed by atoms with Crippen LogP contribution in [-0.2, 0) is 4.79 Å². The van der Waals surface area contributed by atoms with Crippen LogP contribution in [0.15, 0.2) is 0 Å². The molecule has 4 heteroatoms. The topological polar surface area (TPSA) is 26.8 Å². The van der Waals surface area contributed by atoms with E-state index in [2.05, 4.69) is 35.5 Å². The van der Waals surface area contributed by atoms with Crippen LogP contribution in [0, 0.1) is 11.8 Å². The number of nitrogens with zero attached hydrogens (tertiary/aromatic N) is 3. The Morgan fingerprint density at radius 1 is 1.00 bits per heavy atom. The van der Waals surface area contributed by atoms with Gasteiger partial charge in [-0.15, -0.1) is 0 Å². The SMILES string of the molecule is CCN1CCN(CC(=O)N2CCC(C(C)C)CC2)CC1. The van der Waals surface area contributed by atoms with E-state index in [1.807, 2.05) is 0 Å². The first-order valence-corrected chi connectivity index (χ1v) is 8.32. The molecule has 0 N–H and O–H groups in total. The van der Waals surface area contributed by atoms with Crippen molar-refractivity contribution in [2.24, 2.45) is 11.8 Å². The van der Waals surface area contributed by atoms with Crippen LogP contribution in [0.5, 0.6) is 0 Å². The molecule has 2 rings (SSSR count). The summed E-state index contributed by atoms with van der Waals surface area (Å²) < 4.78 is 0. The number of hydrogen-bond donors (Lipinski definition) is 0. The summed E-state index contributed by atoms with van der Waals surface area (Å²) in [6.07, 6.45) is 2.38. The van der Waals surface area contributed by atoms with Crippen molar-refractivity contribution in [3.8, 4) is 0 Å². The van der Waals surface area contributed by atoms with Gasteiger partial charge >= 0.3 is 0 Å². The largest absolute Gasteiger partial charge is 0.342 e. The Balaban J connectivity index is 1.71. The molecule has 0 bridgehead atoms. The Hall–Kier alpha value is -0.610. The van der Waals surface area contributed by atoms with Crippen LogP contribution in [0.25, 0.3) is 0 Å². The lowest BCUT2D eigenvalue weighted by Gasteiger charge is -2.37. The van der Waals surface area contributed by atoms with Crippen molar-refractivity contribution in [1.29, 1.82) is 0 Å². The first-order chi connectivity index (χ1) is 9.60. The summed E-state index contributed by atoms with van der Waals surface area (Å²) in [4.78, 5) is 19.2. The van der Waals surface area contributed by atoms with Crippen molar-refractivity contribution in [3.05, 3.63) is 0 Å². The van der Waals surface area contributed by atoms with E-state index in [0.717, 1.165) is 57.6 Å². The molecule has 0 aromatic rings. The van der Waals surface area contributed by atoms with Gasteiger partial charge in [0.15, 0.2) is 0 Å². The van der Waals surface area contributed by atoms with E-state index in [4.69, 9.17) is 0 Å². The molecule has 2 fully saturated rings. The fourth-order valence-corrected chi connectivity index (χ4v) is 3.37. The highest BCUT2D eigenvalue weighted by Gasteiger charge is 2.26. The van der Waals surface area contributed by atoms with Crippen LogP contribution in [-0.4, -0.2) is 73.0 Å². The van der Waals surface area contributed by atoms with E-state index in [-0.39, 0.29) is 0 Å². The number of rotatable bonds is 4. The highest BCUT2D eigenvalue weighted by atomic mass is 16.2. The zero-order valence-electron chi connectivity index (χ0n) is 13.5. The summed E-state index contributed by atoms with van der Waals surface area (Å²) in [5.74, 6) is 1.92. The molecule has 20 heavy (non-hydrogen) atoms. The van der Waals surface area contributed by atoms with Crippen molar-refractivity contribution in [3.63, 3.8) is 0 Å². The summed E-state index contributed by atoms with van der Waals surface area (Å²) in [7, 11) is 0. The highest BCUT2D eigenvalue weighted by Crippen LogP contribution is 2.24. The summed E-state index contributed by atoms with van der Waals surface area (Å²) in [5, 5.41) is 0. The standard InChI is InChI=1S/C16H31N3O/c1-4-17-9-11-18(12-10-17)13-16(20)19-7-5-15(6-8-19)14(2)3/h14-15H,4-13H2,1-3H3. The van der Waals surface area contributed by atoms with Gasteiger partial charge in [0, 0.05) is 39.3 Å². The van der Waals surface area contributed by atoms with Gasteiger partial charge in [0.1, 0.15) is 0 Å². The van der Waals surface area contributed by atoms with Gasteiger partial charge in [-0.2, -0.15) is 0 Å². The quantitative estimate of drug-likeness (QED) is 0.782. The molecule has 0 atom stereocenters. The minimum atomic E-state index is 0.345. The van der Waals surface area contributed by atoms with Crippen LogP contribution >= 0.6 is 0 Å². The number of hydrogen-bond acceptors (Lipinski definition) is 3. The molecule has 0 saturated carbocycles. The van der Waals surface area contributed by atoms with E-state index in [1.54, 1.807) is 0 Å². The Bertz CT molecular complexity index is 303. The normalized spacial score (nSPS) is 23.5. The molecule has 2 aliphatic rings. The number of carbonyl (C=O) groups excluding carboxylic acids is 1. The van der Waals surface area contributed by atoms with Gasteiger partial charge < -0.3 is 9.80 Å². The van der Waals surface area contributed by atoms with Gasteiger partial charge in [-0.1, -0.05) is 20.8 Å². The van der Waals surface area contributed by atoms with Crippen molar-refractivity contribution in [2.45, 2.75) is 33.6 Å². The Morgan fingerprint density at radius 2 is 1.55 bits per heavy atom. The highest BCUT2D eigenvalue weighted by molar-refractivity contribution is 5.78. The second-order valence-corrected chi connectivity index (χ2v) is 6.67. The number of piperazine rings is 1. The van der Waals surface area contributed by atoms with E-state index in [1.165, 1.54) is 12.8 Å². The average molecular weight is 281 g/mol. The third kappa shape index (κ3) is 4.19. The molecule has 0 aromatic carbocycles. The van der Waals surface area contributed by atoms with E-state index < -0.39 is 0 Å². The third-order valence-corrected chi connectivity index (χ3v) is 5.11. The van der Waals surface area contributed by atoms with Gasteiger partial charge in [-0.05, 0) is 31.2 Å². The van der Waals surface area contributed by atoms with Gasteiger partial charge in [0.25, 0.3) is 0 Å². The fraction of sp³-hybridized carbons (Fsp3) is 0.938. The molecule has 4 nitrogen and oxygen atoms in total. The predicted molar refractivity (Wildman–Crippen MR) is 82.7 cm³/mol. The zero-order valence-corrected chi connectivity index (χ0v) is 13.5. The van der Waals surface area contributed by atoms with Gasteiger partial charge in [-0.25, -0.2) is 0 Å². The molecule has 0 radical (unpaired) electrons. The maximum atomic E-state index is 12.4. The molecule has 2 aliphatic heterocycles. The van der Waals surface area contributed by atoms with E-state index >= 15 is 0 Å². The summed E-state index contributed by atoms with van der Waals surface area (Å²) in [6, 6.07) is 0. The molecule has 116 valence electrons. The van der Waals surface area contributed by atoms with Crippen LogP contribution in [0.1, 0.15) is 33.6 Å². The van der Waals surface area contributed by atoms with Crippen LogP contribution < -0.4 is 0 Å². The van der Waals surface area contributed by atoms with Crippen LogP contribution in [0.2, 0.25) is 0 Å². The minimum Gasteiger partial charge on any atom is -0.342 e. The number of likely N-dealkylation sites (tertiary alicyclic amines) is 1. The monoisotopic (exact) mass is 281 g/mol. The maximum Gasteiger partial charge on any atom is 0.236 e. The van der Waals surface area contributed by atoms with Gasteiger partial charge in [0.05, 0.1) is 6.54 Å². The second kappa shape index (κ2) is 7.41. The third-order valence-electron chi connectivity index (χ3n) is 5.11. The van der Waals surface area contributed by atoms with Crippen molar-refractivity contribution < 1.29 is 4.79 Å². The lowest BCUT2D eigenvalue weighted by molar-refractivity contribution is -0.134. The first kappa shape index (κ1) is 15.8.